The van der Waals surface area contributed by atoms with E-state index in [2.05, 4.69) is 31.3 Å². The van der Waals surface area contributed by atoms with Gasteiger partial charge in [0.25, 0.3) is 0 Å². The summed E-state index contributed by atoms with van der Waals surface area (Å²) in [6.45, 7) is 12.8. The number of alkyl carbamates (subject to hydrolysis) is 1. The summed E-state index contributed by atoms with van der Waals surface area (Å²) >= 11 is 1.21. The fraction of sp³-hybridized carbons (Fsp3) is 0.870. The summed E-state index contributed by atoms with van der Waals surface area (Å²) < 4.78 is 11.5. The molecule has 0 radical (unpaired) electrons. The molecule has 6 unspecified atom stereocenters. The van der Waals surface area contributed by atoms with Gasteiger partial charge in [-0.1, -0.05) is 69.9 Å². The molecule has 0 aromatic carbocycles. The maximum atomic E-state index is 12.9. The second-order valence-corrected chi connectivity index (χ2v) is 12.5. The first-order chi connectivity index (χ1) is 14.9. The van der Waals surface area contributed by atoms with E-state index in [0.717, 1.165) is 25.7 Å². The molecule has 6 atom stereocenters. The van der Waals surface area contributed by atoms with Crippen LogP contribution in [0.25, 0.3) is 0 Å². The van der Waals surface area contributed by atoms with Crippen molar-refractivity contribution in [2.45, 2.75) is 116 Å². The van der Waals surface area contributed by atoms with Crippen LogP contribution in [0.1, 0.15) is 87.0 Å². The molecule has 184 valence electrons. The Labute approximate surface area is 197 Å². The Morgan fingerprint density at radius 3 is 2.56 bits per heavy atom. The third-order valence-corrected chi connectivity index (χ3v) is 7.99. The minimum Gasteiger partial charge on any atom is -0.634 e. The SMILES string of the molecule is CCCC1CC(C)CC(C)[B-]12[NH2+]C(CCC(CNC(=O)OC(C)(C)C)SC(C)=O)C(=O)O2. The average Bonchev–Trinajstić information content (AvgIpc) is 2.98. The van der Waals surface area contributed by atoms with Gasteiger partial charge in [0.2, 0.25) is 0 Å². The number of hydrogen-bond acceptors (Lipinski definition) is 6. The summed E-state index contributed by atoms with van der Waals surface area (Å²) in [6, 6.07) is -0.234. The summed E-state index contributed by atoms with van der Waals surface area (Å²) in [5.74, 6) is 1.36. The Hall–Kier alpha value is -1.22. The van der Waals surface area contributed by atoms with Gasteiger partial charge in [0.15, 0.2) is 5.12 Å². The summed E-state index contributed by atoms with van der Waals surface area (Å²) in [6.07, 6.45) is 5.19. The molecule has 0 aromatic heterocycles. The highest BCUT2D eigenvalue weighted by Crippen LogP contribution is 2.47. The standard InChI is InChI=1S/C23H43BN2O5S/c1-8-9-18-13-15(2)12-16(3)24(18)26-20(21(28)31-24)11-10-19(32-17(4)27)14-25-22(29)30-23(5,6)7/h15-16,18-20H,8-14,26H2,1-7H3,(H,25,29). The largest absolute Gasteiger partial charge is 0.634 e. The quantitative estimate of drug-likeness (QED) is 0.523. The van der Waals surface area contributed by atoms with Crippen LogP contribution in [-0.2, 0) is 19.0 Å². The van der Waals surface area contributed by atoms with Crippen molar-refractivity contribution in [1.82, 2.24) is 5.32 Å². The summed E-state index contributed by atoms with van der Waals surface area (Å²) in [5.41, 5.74) is -0.574. The number of thioether (sulfide) groups is 1. The predicted octanol–water partition coefficient (Wildman–Crippen LogP) is 3.86. The van der Waals surface area contributed by atoms with E-state index in [9.17, 15) is 14.4 Å². The van der Waals surface area contributed by atoms with E-state index in [0.29, 0.717) is 36.9 Å². The molecule has 3 N–H and O–H groups in total. The molecule has 2 aliphatic rings. The molecule has 1 amide bonds. The number of nitrogens with two attached hydrogens (primary N) is 1. The number of quaternary nitrogens is 1. The Bertz CT molecular complexity index is 686. The zero-order chi connectivity index (χ0) is 24.1. The lowest BCUT2D eigenvalue weighted by Gasteiger charge is -2.48. The van der Waals surface area contributed by atoms with Crippen LogP contribution >= 0.6 is 11.8 Å². The van der Waals surface area contributed by atoms with Gasteiger partial charge in [-0.05, 0) is 33.1 Å². The second-order valence-electron chi connectivity index (χ2n) is 11.0. The maximum Gasteiger partial charge on any atom is 0.407 e. The molecule has 2 aliphatic heterocycles. The summed E-state index contributed by atoms with van der Waals surface area (Å²) in [4.78, 5) is 36.6. The molecule has 9 heteroatoms. The zero-order valence-electron chi connectivity index (χ0n) is 20.9. The van der Waals surface area contributed by atoms with Crippen LogP contribution in [0, 0.1) is 5.92 Å². The van der Waals surface area contributed by atoms with Crippen LogP contribution < -0.4 is 10.5 Å². The van der Waals surface area contributed by atoms with Crippen molar-refractivity contribution in [2.24, 2.45) is 5.92 Å². The Morgan fingerprint density at radius 1 is 1.28 bits per heavy atom. The third-order valence-electron chi connectivity index (χ3n) is 6.93. The lowest BCUT2D eigenvalue weighted by Crippen LogP contribution is -3.03. The van der Waals surface area contributed by atoms with Crippen LogP contribution in [0.15, 0.2) is 0 Å². The Morgan fingerprint density at radius 2 is 1.97 bits per heavy atom. The van der Waals surface area contributed by atoms with Gasteiger partial charge < -0.3 is 19.9 Å². The molecular formula is C23H43BN2O5S. The minimum atomic E-state index is -1.26. The molecule has 0 bridgehead atoms. The lowest BCUT2D eigenvalue weighted by atomic mass is 9.30. The summed E-state index contributed by atoms with van der Waals surface area (Å²) in [7, 11) is 0. The van der Waals surface area contributed by atoms with Gasteiger partial charge in [-0.25, -0.2) is 4.79 Å². The van der Waals surface area contributed by atoms with Crippen molar-refractivity contribution in [2.75, 3.05) is 6.54 Å². The molecular weight excluding hydrogens is 427 g/mol. The fourth-order valence-corrected chi connectivity index (χ4v) is 6.63. The first-order valence-electron chi connectivity index (χ1n) is 12.3. The number of carbonyl (C=O) groups excluding carboxylic acids is 3. The van der Waals surface area contributed by atoms with Gasteiger partial charge in [0.05, 0.1) is 0 Å². The topological polar surface area (TPSA) is 98.3 Å². The molecule has 32 heavy (non-hydrogen) atoms. The second kappa shape index (κ2) is 11.3. The van der Waals surface area contributed by atoms with Crippen molar-refractivity contribution in [3.05, 3.63) is 0 Å². The molecule has 0 aliphatic carbocycles. The van der Waals surface area contributed by atoms with E-state index in [-0.39, 0.29) is 22.4 Å². The van der Waals surface area contributed by atoms with E-state index < -0.39 is 18.2 Å². The lowest BCUT2D eigenvalue weighted by molar-refractivity contribution is -0.559. The first-order valence-corrected chi connectivity index (χ1v) is 13.1. The molecule has 2 rings (SSSR count). The first kappa shape index (κ1) is 27.0. The normalized spacial score (nSPS) is 31.3. The number of hydrogen-bond donors (Lipinski definition) is 2. The number of carbonyl (C=O) groups is 3. The Balaban J connectivity index is 1.99. The van der Waals surface area contributed by atoms with Gasteiger partial charge >= 0.3 is 18.5 Å². The van der Waals surface area contributed by atoms with E-state index >= 15 is 0 Å². The predicted molar refractivity (Wildman–Crippen MR) is 130 cm³/mol. The highest BCUT2D eigenvalue weighted by atomic mass is 32.2. The molecule has 7 nitrogen and oxygen atoms in total. The smallest absolute Gasteiger partial charge is 0.407 e. The van der Waals surface area contributed by atoms with E-state index in [4.69, 9.17) is 9.39 Å². The van der Waals surface area contributed by atoms with E-state index in [1.54, 1.807) is 0 Å². The fourth-order valence-electron chi connectivity index (χ4n) is 5.74. The van der Waals surface area contributed by atoms with Gasteiger partial charge in [-0.15, -0.1) is 0 Å². The highest BCUT2D eigenvalue weighted by Gasteiger charge is 2.57. The number of amides is 1. The van der Waals surface area contributed by atoms with Crippen LogP contribution in [0.3, 0.4) is 0 Å². The van der Waals surface area contributed by atoms with Crippen molar-refractivity contribution < 1.29 is 29.0 Å². The van der Waals surface area contributed by atoms with Gasteiger partial charge in [-0.3, -0.25) is 9.59 Å². The van der Waals surface area contributed by atoms with Gasteiger partial charge in [-0.2, -0.15) is 0 Å². The Kier molecular flexibility index (Phi) is 9.52. The molecule has 2 fully saturated rings. The number of ether oxygens (including phenoxy) is 1. The van der Waals surface area contributed by atoms with Crippen LogP contribution in [-0.4, -0.2) is 47.1 Å². The molecule has 1 spiro atoms. The maximum absolute atomic E-state index is 12.9. The van der Waals surface area contributed by atoms with Crippen LogP contribution in [0.2, 0.25) is 11.6 Å². The third kappa shape index (κ3) is 7.40. The van der Waals surface area contributed by atoms with Gasteiger partial charge in [0.1, 0.15) is 11.6 Å². The van der Waals surface area contributed by atoms with Crippen molar-refractivity contribution in [1.29, 1.82) is 0 Å². The van der Waals surface area contributed by atoms with E-state index in [1.165, 1.54) is 18.7 Å². The number of nitrogens with one attached hydrogen (secondary N) is 1. The molecule has 0 saturated carbocycles. The van der Waals surface area contributed by atoms with Crippen molar-refractivity contribution >= 4 is 35.4 Å². The van der Waals surface area contributed by atoms with Crippen LogP contribution in [0.5, 0.6) is 0 Å². The molecule has 0 aromatic rings. The van der Waals surface area contributed by atoms with E-state index in [1.807, 2.05) is 20.8 Å². The minimum absolute atomic E-state index is 0.00226. The summed E-state index contributed by atoms with van der Waals surface area (Å²) in [5, 5.41) is 4.90. The molecule has 2 heterocycles. The molecule has 2 saturated heterocycles. The zero-order valence-corrected chi connectivity index (χ0v) is 21.8. The average molecular weight is 470 g/mol. The number of rotatable bonds is 8. The monoisotopic (exact) mass is 470 g/mol. The van der Waals surface area contributed by atoms with Crippen LogP contribution in [0.4, 0.5) is 4.79 Å². The van der Waals surface area contributed by atoms with Crippen molar-refractivity contribution in [3.63, 3.8) is 0 Å². The van der Waals surface area contributed by atoms with Crippen molar-refractivity contribution in [3.8, 4) is 0 Å². The van der Waals surface area contributed by atoms with Gasteiger partial charge in [0, 0.05) is 25.1 Å². The highest BCUT2D eigenvalue weighted by molar-refractivity contribution is 8.14.